The van der Waals surface area contributed by atoms with Gasteiger partial charge in [0.25, 0.3) is 11.6 Å². The molecule has 2 aromatic carbocycles. The Balaban J connectivity index is 1.85. The average Bonchev–Trinajstić information content (AvgIpc) is 2.91. The number of amides is 1. The first kappa shape index (κ1) is 17.0. The third-order valence-corrected chi connectivity index (χ3v) is 4.39. The highest BCUT2D eigenvalue weighted by Gasteiger charge is 2.22. The van der Waals surface area contributed by atoms with Crippen molar-refractivity contribution < 1.29 is 9.72 Å². The van der Waals surface area contributed by atoms with Gasteiger partial charge in [-0.3, -0.25) is 14.9 Å². The third-order valence-electron chi connectivity index (χ3n) is 4.39. The van der Waals surface area contributed by atoms with E-state index in [0.717, 1.165) is 44.5 Å². The molecule has 0 aliphatic carbocycles. The van der Waals surface area contributed by atoms with E-state index < -0.39 is 4.92 Å². The number of rotatable bonds is 4. The molecule has 6 heteroatoms. The highest BCUT2D eigenvalue weighted by atomic mass is 16.6. The third kappa shape index (κ3) is 4.15. The summed E-state index contributed by atoms with van der Waals surface area (Å²) in [6.45, 7) is 1.44. The van der Waals surface area contributed by atoms with E-state index in [2.05, 4.69) is 5.32 Å². The second kappa shape index (κ2) is 7.79. The molecule has 0 radical (unpaired) electrons. The molecule has 1 aliphatic heterocycles. The van der Waals surface area contributed by atoms with Gasteiger partial charge in [-0.05, 0) is 37.1 Å². The van der Waals surface area contributed by atoms with Crippen molar-refractivity contribution in [2.45, 2.75) is 25.7 Å². The van der Waals surface area contributed by atoms with E-state index in [9.17, 15) is 14.9 Å². The van der Waals surface area contributed by atoms with E-state index in [1.54, 1.807) is 17.0 Å². The lowest BCUT2D eigenvalue weighted by Gasteiger charge is -2.20. The summed E-state index contributed by atoms with van der Waals surface area (Å²) in [6, 6.07) is 13.9. The molecule has 1 fully saturated rings. The molecule has 25 heavy (non-hydrogen) atoms. The van der Waals surface area contributed by atoms with Crippen LogP contribution in [0.25, 0.3) is 0 Å². The smallest absolute Gasteiger partial charge is 0.293 e. The molecule has 1 aliphatic rings. The summed E-state index contributed by atoms with van der Waals surface area (Å²) in [6.07, 6.45) is 4.23. The summed E-state index contributed by atoms with van der Waals surface area (Å²) in [5, 5.41) is 14.5. The van der Waals surface area contributed by atoms with E-state index >= 15 is 0 Å². The Morgan fingerprint density at radius 1 is 1.00 bits per heavy atom. The van der Waals surface area contributed by atoms with Gasteiger partial charge in [-0.25, -0.2) is 0 Å². The van der Waals surface area contributed by atoms with Crippen molar-refractivity contribution in [3.8, 4) is 0 Å². The Kier molecular flexibility index (Phi) is 5.28. The summed E-state index contributed by atoms with van der Waals surface area (Å²) >= 11 is 0. The van der Waals surface area contributed by atoms with Crippen molar-refractivity contribution in [1.29, 1.82) is 0 Å². The molecule has 2 aromatic rings. The lowest BCUT2D eigenvalue weighted by atomic mass is 10.1. The average molecular weight is 339 g/mol. The van der Waals surface area contributed by atoms with Crippen LogP contribution in [0.3, 0.4) is 0 Å². The first-order chi connectivity index (χ1) is 12.1. The van der Waals surface area contributed by atoms with Crippen LogP contribution in [0.15, 0.2) is 48.5 Å². The number of carbonyl (C=O) groups excluding carboxylic acids is 1. The number of carbonyl (C=O) groups is 1. The van der Waals surface area contributed by atoms with E-state index in [1.165, 1.54) is 6.07 Å². The zero-order valence-corrected chi connectivity index (χ0v) is 14.0. The lowest BCUT2D eigenvalue weighted by Crippen LogP contribution is -2.31. The highest BCUT2D eigenvalue weighted by molar-refractivity contribution is 5.96. The molecule has 6 nitrogen and oxygen atoms in total. The number of para-hydroxylation sites is 1. The number of nitrogens with one attached hydrogen (secondary N) is 1. The van der Waals surface area contributed by atoms with Crippen molar-refractivity contribution in [2.24, 2.45) is 0 Å². The van der Waals surface area contributed by atoms with Crippen molar-refractivity contribution in [3.63, 3.8) is 0 Å². The van der Waals surface area contributed by atoms with Crippen molar-refractivity contribution in [1.82, 2.24) is 4.90 Å². The molecule has 0 unspecified atom stereocenters. The maximum absolute atomic E-state index is 12.7. The molecule has 130 valence electrons. The zero-order chi connectivity index (χ0) is 17.6. The van der Waals surface area contributed by atoms with Gasteiger partial charge >= 0.3 is 0 Å². The van der Waals surface area contributed by atoms with Crippen LogP contribution in [0.5, 0.6) is 0 Å². The molecule has 1 amide bonds. The number of likely N-dealkylation sites (tertiary alicyclic amines) is 1. The van der Waals surface area contributed by atoms with E-state index in [1.807, 2.05) is 30.3 Å². The van der Waals surface area contributed by atoms with Gasteiger partial charge in [0.2, 0.25) is 0 Å². The number of nitro benzene ring substituents is 1. The van der Waals surface area contributed by atoms with Crippen LogP contribution < -0.4 is 5.32 Å². The fourth-order valence-electron chi connectivity index (χ4n) is 3.05. The Hall–Kier alpha value is -2.89. The monoisotopic (exact) mass is 339 g/mol. The normalized spacial score (nSPS) is 14.6. The maximum atomic E-state index is 12.7. The summed E-state index contributed by atoms with van der Waals surface area (Å²) in [7, 11) is 0. The summed E-state index contributed by atoms with van der Waals surface area (Å²) in [4.78, 5) is 25.5. The number of nitro groups is 1. The van der Waals surface area contributed by atoms with Crippen LogP contribution in [0.4, 0.5) is 17.1 Å². The minimum atomic E-state index is -0.454. The van der Waals surface area contributed by atoms with E-state index in [4.69, 9.17) is 0 Å². The van der Waals surface area contributed by atoms with Gasteiger partial charge in [0.15, 0.2) is 0 Å². The van der Waals surface area contributed by atoms with Gasteiger partial charge in [0.05, 0.1) is 4.92 Å². The van der Waals surface area contributed by atoms with Crippen LogP contribution >= 0.6 is 0 Å². The van der Waals surface area contributed by atoms with Crippen molar-refractivity contribution in [3.05, 3.63) is 64.2 Å². The van der Waals surface area contributed by atoms with Gasteiger partial charge in [-0.1, -0.05) is 31.0 Å². The molecule has 0 bridgehead atoms. The first-order valence-corrected chi connectivity index (χ1v) is 8.55. The van der Waals surface area contributed by atoms with Gasteiger partial charge in [0.1, 0.15) is 5.69 Å². The fraction of sp³-hybridized carbons (Fsp3) is 0.316. The highest BCUT2D eigenvalue weighted by Crippen LogP contribution is 2.29. The number of hydrogen-bond acceptors (Lipinski definition) is 4. The van der Waals surface area contributed by atoms with Gasteiger partial charge in [-0.2, -0.15) is 0 Å². The number of hydrogen-bond donors (Lipinski definition) is 1. The van der Waals surface area contributed by atoms with Crippen LogP contribution in [0.2, 0.25) is 0 Å². The van der Waals surface area contributed by atoms with Gasteiger partial charge in [-0.15, -0.1) is 0 Å². The zero-order valence-electron chi connectivity index (χ0n) is 14.0. The number of benzene rings is 2. The fourth-order valence-corrected chi connectivity index (χ4v) is 3.05. The topological polar surface area (TPSA) is 75.5 Å². The molecule has 0 spiro atoms. The predicted molar refractivity (Wildman–Crippen MR) is 97.2 cm³/mol. The summed E-state index contributed by atoms with van der Waals surface area (Å²) < 4.78 is 0. The second-order valence-corrected chi connectivity index (χ2v) is 6.19. The predicted octanol–water partition coefficient (Wildman–Crippen LogP) is 4.35. The van der Waals surface area contributed by atoms with E-state index in [0.29, 0.717) is 11.3 Å². The van der Waals surface area contributed by atoms with Crippen molar-refractivity contribution >= 4 is 23.0 Å². The molecule has 3 rings (SSSR count). The molecule has 0 aromatic heterocycles. The minimum absolute atomic E-state index is 0.0930. The molecular formula is C19H21N3O3. The van der Waals surface area contributed by atoms with Crippen LogP contribution in [0, 0.1) is 10.1 Å². The quantitative estimate of drug-likeness (QED) is 0.663. The first-order valence-electron chi connectivity index (χ1n) is 8.55. The number of anilines is 2. The Bertz CT molecular complexity index is 754. The Morgan fingerprint density at radius 2 is 1.68 bits per heavy atom. The van der Waals surface area contributed by atoms with Crippen LogP contribution in [-0.2, 0) is 0 Å². The van der Waals surface area contributed by atoms with Crippen LogP contribution in [0.1, 0.15) is 36.0 Å². The largest absolute Gasteiger partial charge is 0.350 e. The minimum Gasteiger partial charge on any atom is -0.350 e. The molecule has 1 N–H and O–H groups in total. The maximum Gasteiger partial charge on any atom is 0.293 e. The van der Waals surface area contributed by atoms with Gasteiger partial charge < -0.3 is 10.2 Å². The SMILES string of the molecule is O=C(c1ccc(Nc2ccccc2)c([N+](=O)[O-])c1)N1CCCCCC1. The molecular weight excluding hydrogens is 318 g/mol. The lowest BCUT2D eigenvalue weighted by molar-refractivity contribution is -0.383. The molecule has 1 saturated heterocycles. The standard InChI is InChI=1S/C19H21N3O3/c23-19(21-12-6-1-2-7-13-21)15-10-11-17(18(14-15)22(24)25)20-16-8-4-3-5-9-16/h3-5,8-11,14,20H,1-2,6-7,12-13H2. The Morgan fingerprint density at radius 3 is 2.32 bits per heavy atom. The van der Waals surface area contributed by atoms with Gasteiger partial charge in [0, 0.05) is 30.4 Å². The molecule has 1 heterocycles. The van der Waals surface area contributed by atoms with E-state index in [-0.39, 0.29) is 11.6 Å². The van der Waals surface area contributed by atoms with Crippen molar-refractivity contribution in [2.75, 3.05) is 18.4 Å². The summed E-state index contributed by atoms with van der Waals surface area (Å²) in [5.41, 5.74) is 1.41. The van der Waals surface area contributed by atoms with Crippen LogP contribution in [-0.4, -0.2) is 28.8 Å². The molecule has 0 atom stereocenters. The molecule has 0 saturated carbocycles. The second-order valence-electron chi connectivity index (χ2n) is 6.19. The number of nitrogens with zero attached hydrogens (tertiary/aromatic N) is 2. The Labute approximate surface area is 146 Å². The summed E-state index contributed by atoms with van der Waals surface area (Å²) in [5.74, 6) is -0.128.